The molecule has 3 rings (SSSR count). The van der Waals surface area contributed by atoms with Crippen LogP contribution in [0.4, 0.5) is 0 Å². The highest BCUT2D eigenvalue weighted by Gasteiger charge is 2.13. The van der Waals surface area contributed by atoms with Crippen molar-refractivity contribution in [3.63, 3.8) is 0 Å². The highest BCUT2D eigenvalue weighted by molar-refractivity contribution is 5.87. The minimum Gasteiger partial charge on any atom is -0.478 e. The topological polar surface area (TPSA) is 55.1 Å². The van der Waals surface area contributed by atoms with Crippen molar-refractivity contribution in [2.75, 3.05) is 0 Å². The number of rotatable bonds is 5. The van der Waals surface area contributed by atoms with Gasteiger partial charge in [0.1, 0.15) is 5.82 Å². The maximum absolute atomic E-state index is 11.2. The number of fused-ring (bicyclic) bond motifs is 1. The minimum atomic E-state index is -0.898. The maximum Gasteiger partial charge on any atom is 0.335 e. The molecule has 0 atom stereocenters. The molecule has 0 radical (unpaired) electrons. The third kappa shape index (κ3) is 3.26. The molecule has 0 aliphatic rings. The maximum atomic E-state index is 11.2. The first-order valence-electron chi connectivity index (χ1n) is 7.81. The molecule has 4 heteroatoms. The molecule has 1 aromatic heterocycles. The molecular weight excluding hydrogens is 288 g/mol. The summed E-state index contributed by atoms with van der Waals surface area (Å²) in [5, 5.41) is 9.16. The van der Waals surface area contributed by atoms with Gasteiger partial charge in [0.05, 0.1) is 16.6 Å². The second-order valence-corrected chi connectivity index (χ2v) is 6.21. The molecule has 0 bridgehead atoms. The molecule has 23 heavy (non-hydrogen) atoms. The van der Waals surface area contributed by atoms with Crippen LogP contribution in [0.5, 0.6) is 0 Å². The number of carboxylic acid groups (broad SMARTS) is 1. The highest BCUT2D eigenvalue weighted by Crippen LogP contribution is 2.20. The molecule has 3 aromatic rings. The Balaban J connectivity index is 2.04. The number of para-hydroxylation sites is 2. The van der Waals surface area contributed by atoms with Crippen LogP contribution < -0.4 is 0 Å². The fourth-order valence-corrected chi connectivity index (χ4v) is 2.81. The monoisotopic (exact) mass is 308 g/mol. The van der Waals surface area contributed by atoms with E-state index in [1.165, 1.54) is 0 Å². The molecule has 2 aromatic carbocycles. The quantitative estimate of drug-likeness (QED) is 0.775. The van der Waals surface area contributed by atoms with Gasteiger partial charge in [-0.1, -0.05) is 38.1 Å². The lowest BCUT2D eigenvalue weighted by Crippen LogP contribution is -2.08. The zero-order chi connectivity index (χ0) is 16.4. The number of carboxylic acids is 1. The van der Waals surface area contributed by atoms with Crippen LogP contribution in [0.3, 0.4) is 0 Å². The van der Waals surface area contributed by atoms with Crippen molar-refractivity contribution in [2.45, 2.75) is 26.8 Å². The highest BCUT2D eigenvalue weighted by atomic mass is 16.4. The number of hydrogen-bond acceptors (Lipinski definition) is 2. The first-order valence-corrected chi connectivity index (χ1v) is 7.81. The second kappa shape index (κ2) is 6.24. The van der Waals surface area contributed by atoms with E-state index in [1.807, 2.05) is 24.3 Å². The molecule has 0 spiro atoms. The summed E-state index contributed by atoms with van der Waals surface area (Å²) in [5.74, 6) is 0.655. The summed E-state index contributed by atoms with van der Waals surface area (Å²) in [4.78, 5) is 15.9. The second-order valence-electron chi connectivity index (χ2n) is 6.21. The van der Waals surface area contributed by atoms with Crippen LogP contribution in [0.25, 0.3) is 11.0 Å². The van der Waals surface area contributed by atoms with E-state index in [-0.39, 0.29) is 0 Å². The van der Waals surface area contributed by atoms with Gasteiger partial charge in [0, 0.05) is 13.0 Å². The van der Waals surface area contributed by atoms with Gasteiger partial charge in [-0.05, 0) is 35.7 Å². The van der Waals surface area contributed by atoms with E-state index in [0.717, 1.165) is 28.8 Å². The van der Waals surface area contributed by atoms with E-state index in [9.17, 15) is 4.79 Å². The van der Waals surface area contributed by atoms with Crippen molar-refractivity contribution in [1.29, 1.82) is 0 Å². The van der Waals surface area contributed by atoms with Crippen molar-refractivity contribution in [2.24, 2.45) is 5.92 Å². The van der Waals surface area contributed by atoms with E-state index in [4.69, 9.17) is 10.1 Å². The SMILES string of the molecule is CC(C)Cc1nc2ccccc2n1Cc1cccc(C(=O)O)c1. The number of aromatic carboxylic acids is 1. The average molecular weight is 308 g/mol. The van der Waals surface area contributed by atoms with E-state index >= 15 is 0 Å². The van der Waals surface area contributed by atoms with Gasteiger partial charge < -0.3 is 9.67 Å². The summed E-state index contributed by atoms with van der Waals surface area (Å²) in [5.41, 5.74) is 3.36. The van der Waals surface area contributed by atoms with Crippen LogP contribution in [-0.4, -0.2) is 20.6 Å². The normalized spacial score (nSPS) is 11.3. The number of carbonyl (C=O) groups is 1. The summed E-state index contributed by atoms with van der Waals surface area (Å²) >= 11 is 0. The number of hydrogen-bond donors (Lipinski definition) is 1. The molecule has 0 saturated heterocycles. The molecule has 0 fully saturated rings. The molecule has 0 unspecified atom stereocenters. The molecular formula is C19H20N2O2. The first-order chi connectivity index (χ1) is 11.0. The molecule has 1 heterocycles. The number of nitrogens with zero attached hydrogens (tertiary/aromatic N) is 2. The summed E-state index contributed by atoms with van der Waals surface area (Å²) in [6, 6.07) is 15.2. The smallest absolute Gasteiger partial charge is 0.335 e. The first kappa shape index (κ1) is 15.3. The number of benzene rings is 2. The van der Waals surface area contributed by atoms with Crippen LogP contribution in [0, 0.1) is 5.92 Å². The van der Waals surface area contributed by atoms with Crippen molar-refractivity contribution < 1.29 is 9.90 Å². The Labute approximate surface area is 135 Å². The molecule has 0 aliphatic heterocycles. The van der Waals surface area contributed by atoms with Gasteiger partial charge in [0.25, 0.3) is 0 Å². The molecule has 0 aliphatic carbocycles. The van der Waals surface area contributed by atoms with Gasteiger partial charge >= 0.3 is 5.97 Å². The predicted octanol–water partition coefficient (Wildman–Crippen LogP) is 3.98. The van der Waals surface area contributed by atoms with E-state index < -0.39 is 5.97 Å². The lowest BCUT2D eigenvalue weighted by atomic mass is 10.1. The fourth-order valence-electron chi connectivity index (χ4n) is 2.81. The Bertz CT molecular complexity index is 849. The average Bonchev–Trinajstić information content (AvgIpc) is 2.84. The Hall–Kier alpha value is -2.62. The van der Waals surface area contributed by atoms with Crippen molar-refractivity contribution in [3.8, 4) is 0 Å². The van der Waals surface area contributed by atoms with Crippen LogP contribution in [0.2, 0.25) is 0 Å². The van der Waals surface area contributed by atoms with Crippen molar-refractivity contribution in [1.82, 2.24) is 9.55 Å². The van der Waals surface area contributed by atoms with E-state index in [1.54, 1.807) is 18.2 Å². The Kier molecular flexibility index (Phi) is 4.15. The standard InChI is InChI=1S/C19H20N2O2/c1-13(2)10-18-20-16-8-3-4-9-17(16)21(18)12-14-6-5-7-15(11-14)19(22)23/h3-9,11,13H,10,12H2,1-2H3,(H,22,23). The number of aromatic nitrogens is 2. The largest absolute Gasteiger partial charge is 0.478 e. The van der Waals surface area contributed by atoms with Crippen LogP contribution in [0.15, 0.2) is 48.5 Å². The molecule has 0 saturated carbocycles. The van der Waals surface area contributed by atoms with Gasteiger partial charge in [-0.25, -0.2) is 9.78 Å². The van der Waals surface area contributed by atoms with Crippen LogP contribution in [0.1, 0.15) is 35.6 Å². The van der Waals surface area contributed by atoms with Crippen LogP contribution >= 0.6 is 0 Å². The summed E-state index contributed by atoms with van der Waals surface area (Å²) < 4.78 is 2.19. The third-order valence-electron chi connectivity index (χ3n) is 3.84. The van der Waals surface area contributed by atoms with E-state index in [0.29, 0.717) is 18.0 Å². The Morgan fingerprint density at radius 1 is 1.17 bits per heavy atom. The zero-order valence-corrected chi connectivity index (χ0v) is 13.4. The minimum absolute atomic E-state index is 0.317. The van der Waals surface area contributed by atoms with Crippen molar-refractivity contribution in [3.05, 3.63) is 65.5 Å². The van der Waals surface area contributed by atoms with Gasteiger partial charge in [-0.15, -0.1) is 0 Å². The van der Waals surface area contributed by atoms with Gasteiger partial charge in [-0.3, -0.25) is 0 Å². The Morgan fingerprint density at radius 3 is 2.70 bits per heavy atom. The Morgan fingerprint density at radius 2 is 1.96 bits per heavy atom. The predicted molar refractivity (Wildman–Crippen MR) is 90.8 cm³/mol. The van der Waals surface area contributed by atoms with E-state index in [2.05, 4.69) is 24.5 Å². The molecule has 4 nitrogen and oxygen atoms in total. The van der Waals surface area contributed by atoms with Crippen molar-refractivity contribution >= 4 is 17.0 Å². The summed E-state index contributed by atoms with van der Waals surface area (Å²) in [6.07, 6.45) is 0.896. The number of imidazole rings is 1. The molecule has 118 valence electrons. The van der Waals surface area contributed by atoms with Gasteiger partial charge in [0.15, 0.2) is 0 Å². The lowest BCUT2D eigenvalue weighted by molar-refractivity contribution is 0.0696. The lowest BCUT2D eigenvalue weighted by Gasteiger charge is -2.11. The summed E-state index contributed by atoms with van der Waals surface area (Å²) in [7, 11) is 0. The van der Waals surface area contributed by atoms with Gasteiger partial charge in [0.2, 0.25) is 0 Å². The molecule has 1 N–H and O–H groups in total. The zero-order valence-electron chi connectivity index (χ0n) is 13.4. The molecule has 0 amide bonds. The third-order valence-corrected chi connectivity index (χ3v) is 3.84. The van der Waals surface area contributed by atoms with Crippen LogP contribution in [-0.2, 0) is 13.0 Å². The van der Waals surface area contributed by atoms with Gasteiger partial charge in [-0.2, -0.15) is 0 Å². The summed E-state index contributed by atoms with van der Waals surface area (Å²) in [6.45, 7) is 4.98. The fraction of sp³-hybridized carbons (Fsp3) is 0.263.